The van der Waals surface area contributed by atoms with E-state index in [2.05, 4.69) is 10.1 Å². The van der Waals surface area contributed by atoms with E-state index >= 15 is 0 Å². The molecule has 1 aromatic rings. The summed E-state index contributed by atoms with van der Waals surface area (Å²) >= 11 is 0. The van der Waals surface area contributed by atoms with Crippen LogP contribution in [0.2, 0.25) is 0 Å². The van der Waals surface area contributed by atoms with Gasteiger partial charge in [0.15, 0.2) is 0 Å². The maximum atomic E-state index is 12.0. The molecule has 0 spiro atoms. The van der Waals surface area contributed by atoms with E-state index in [1.165, 1.54) is 6.07 Å². The third kappa shape index (κ3) is 5.49. The minimum Gasteiger partial charge on any atom is -0.435 e. The van der Waals surface area contributed by atoms with Crippen molar-refractivity contribution in [2.45, 2.75) is 13.5 Å². The molecule has 3 nitrogen and oxygen atoms in total. The van der Waals surface area contributed by atoms with E-state index in [9.17, 15) is 8.78 Å². The van der Waals surface area contributed by atoms with Crippen LogP contribution in [0.1, 0.15) is 6.92 Å². The molecule has 0 saturated carbocycles. The highest BCUT2D eigenvalue weighted by molar-refractivity contribution is 5.48. The van der Waals surface area contributed by atoms with Crippen molar-refractivity contribution in [1.29, 1.82) is 0 Å². The summed E-state index contributed by atoms with van der Waals surface area (Å²) in [6.07, 6.45) is 0. The first-order valence-corrected chi connectivity index (χ1v) is 5.39. The Kier molecular flexibility index (Phi) is 5.69. The summed E-state index contributed by atoms with van der Waals surface area (Å²) in [5, 5.41) is 3.14. The minimum absolute atomic E-state index is 0.157. The first-order valence-electron chi connectivity index (χ1n) is 5.39. The lowest BCUT2D eigenvalue weighted by atomic mass is 10.2. The average Bonchev–Trinajstić information content (AvgIpc) is 2.26. The van der Waals surface area contributed by atoms with Crippen molar-refractivity contribution in [3.05, 3.63) is 24.3 Å². The summed E-state index contributed by atoms with van der Waals surface area (Å²) in [4.78, 5) is 0. The second kappa shape index (κ2) is 7.06. The van der Waals surface area contributed by atoms with Crippen LogP contribution in [-0.4, -0.2) is 26.9 Å². The monoisotopic (exact) mass is 245 g/mol. The zero-order valence-electron chi connectivity index (χ0n) is 9.95. The molecule has 0 fully saturated rings. The van der Waals surface area contributed by atoms with Crippen LogP contribution in [-0.2, 0) is 4.74 Å². The molecule has 0 aliphatic heterocycles. The van der Waals surface area contributed by atoms with Crippen LogP contribution in [0.25, 0.3) is 0 Å². The van der Waals surface area contributed by atoms with Gasteiger partial charge in [-0.3, -0.25) is 0 Å². The molecule has 96 valence electrons. The molecule has 1 aromatic carbocycles. The molecule has 5 heteroatoms. The first-order chi connectivity index (χ1) is 8.11. The van der Waals surface area contributed by atoms with Gasteiger partial charge < -0.3 is 14.8 Å². The van der Waals surface area contributed by atoms with Crippen LogP contribution >= 0.6 is 0 Å². The minimum atomic E-state index is -2.79. The highest BCUT2D eigenvalue weighted by atomic mass is 19.3. The summed E-state index contributed by atoms with van der Waals surface area (Å²) in [5.41, 5.74) is 0.756. The predicted molar refractivity (Wildman–Crippen MR) is 62.6 cm³/mol. The number of ether oxygens (including phenoxy) is 2. The van der Waals surface area contributed by atoms with Gasteiger partial charge in [-0.15, -0.1) is 0 Å². The molecule has 0 radical (unpaired) electrons. The van der Waals surface area contributed by atoms with E-state index in [0.717, 1.165) is 5.69 Å². The molecular weight excluding hydrogens is 228 g/mol. The van der Waals surface area contributed by atoms with Gasteiger partial charge in [0.2, 0.25) is 0 Å². The SMILES string of the molecule is COCC(C)CNc1cccc(OC(F)F)c1. The molecule has 0 bridgehead atoms. The van der Waals surface area contributed by atoms with Crippen molar-refractivity contribution < 1.29 is 18.3 Å². The fraction of sp³-hybridized carbons (Fsp3) is 0.500. The Morgan fingerprint density at radius 2 is 2.12 bits per heavy atom. The summed E-state index contributed by atoms with van der Waals surface area (Å²) < 4.78 is 33.3. The number of anilines is 1. The van der Waals surface area contributed by atoms with Gasteiger partial charge in [0, 0.05) is 25.4 Å². The lowest BCUT2D eigenvalue weighted by Gasteiger charge is -2.13. The third-order valence-electron chi connectivity index (χ3n) is 2.17. The van der Waals surface area contributed by atoms with Gasteiger partial charge in [-0.2, -0.15) is 8.78 Å². The molecule has 17 heavy (non-hydrogen) atoms. The molecule has 0 aliphatic rings. The van der Waals surface area contributed by atoms with E-state index in [1.54, 1.807) is 25.3 Å². The number of hydrogen-bond donors (Lipinski definition) is 1. The van der Waals surface area contributed by atoms with Crippen molar-refractivity contribution in [2.75, 3.05) is 25.6 Å². The number of methoxy groups -OCH3 is 1. The number of rotatable bonds is 7. The van der Waals surface area contributed by atoms with Crippen molar-refractivity contribution >= 4 is 5.69 Å². The van der Waals surface area contributed by atoms with Gasteiger partial charge in [-0.1, -0.05) is 13.0 Å². The van der Waals surface area contributed by atoms with Crippen LogP contribution < -0.4 is 10.1 Å². The number of halogens is 2. The standard InChI is InChI=1S/C12H17F2NO2/c1-9(8-16-2)7-15-10-4-3-5-11(6-10)17-12(13)14/h3-6,9,12,15H,7-8H2,1-2H3. The highest BCUT2D eigenvalue weighted by Gasteiger charge is 2.05. The Hall–Kier alpha value is -1.36. The van der Waals surface area contributed by atoms with Gasteiger partial charge in [-0.05, 0) is 18.1 Å². The quantitative estimate of drug-likeness (QED) is 0.801. The normalized spacial score (nSPS) is 12.5. The Bertz CT molecular complexity index is 334. The van der Waals surface area contributed by atoms with Crippen molar-refractivity contribution in [3.8, 4) is 5.75 Å². The van der Waals surface area contributed by atoms with Gasteiger partial charge in [0.1, 0.15) is 5.75 Å². The molecule has 1 atom stereocenters. The lowest BCUT2D eigenvalue weighted by Crippen LogP contribution is -2.15. The number of nitrogens with one attached hydrogen (secondary N) is 1. The molecule has 1 unspecified atom stereocenters. The molecular formula is C12H17F2NO2. The second-order valence-corrected chi connectivity index (χ2v) is 3.85. The molecule has 1 rings (SSSR count). The van der Waals surface area contributed by atoms with Gasteiger partial charge in [-0.25, -0.2) is 0 Å². The maximum Gasteiger partial charge on any atom is 0.387 e. The Labute approximate surface area is 99.7 Å². The molecule has 0 amide bonds. The number of alkyl halides is 2. The largest absolute Gasteiger partial charge is 0.435 e. The topological polar surface area (TPSA) is 30.5 Å². The van der Waals surface area contributed by atoms with E-state index in [-0.39, 0.29) is 5.75 Å². The zero-order valence-corrected chi connectivity index (χ0v) is 9.95. The van der Waals surface area contributed by atoms with Crippen LogP contribution in [0.5, 0.6) is 5.75 Å². The molecule has 0 heterocycles. The summed E-state index contributed by atoms with van der Waals surface area (Å²) in [6.45, 7) is 0.611. The van der Waals surface area contributed by atoms with Crippen molar-refractivity contribution in [3.63, 3.8) is 0 Å². The van der Waals surface area contributed by atoms with E-state index in [4.69, 9.17) is 4.74 Å². The molecule has 1 N–H and O–H groups in total. The fourth-order valence-electron chi connectivity index (χ4n) is 1.42. The Morgan fingerprint density at radius 3 is 2.76 bits per heavy atom. The smallest absolute Gasteiger partial charge is 0.387 e. The van der Waals surface area contributed by atoms with E-state index in [0.29, 0.717) is 19.1 Å². The maximum absolute atomic E-state index is 12.0. The molecule has 0 aromatic heterocycles. The predicted octanol–water partition coefficient (Wildman–Crippen LogP) is 2.98. The first kappa shape index (κ1) is 13.7. The lowest BCUT2D eigenvalue weighted by molar-refractivity contribution is -0.0498. The van der Waals surface area contributed by atoms with Crippen LogP contribution in [0.4, 0.5) is 14.5 Å². The summed E-state index contributed by atoms with van der Waals surface area (Å²) in [6, 6.07) is 6.51. The highest BCUT2D eigenvalue weighted by Crippen LogP contribution is 2.19. The molecule has 0 aliphatic carbocycles. The number of hydrogen-bond acceptors (Lipinski definition) is 3. The second-order valence-electron chi connectivity index (χ2n) is 3.85. The Morgan fingerprint density at radius 1 is 1.35 bits per heavy atom. The van der Waals surface area contributed by atoms with Crippen molar-refractivity contribution in [1.82, 2.24) is 0 Å². The average molecular weight is 245 g/mol. The van der Waals surface area contributed by atoms with Crippen LogP contribution in [0, 0.1) is 5.92 Å². The fourth-order valence-corrected chi connectivity index (χ4v) is 1.42. The van der Waals surface area contributed by atoms with Gasteiger partial charge in [0.25, 0.3) is 0 Å². The zero-order chi connectivity index (χ0) is 12.7. The van der Waals surface area contributed by atoms with Crippen molar-refractivity contribution in [2.24, 2.45) is 5.92 Å². The molecule has 0 saturated heterocycles. The summed E-state index contributed by atoms with van der Waals surface area (Å²) in [7, 11) is 1.65. The third-order valence-corrected chi connectivity index (χ3v) is 2.17. The van der Waals surface area contributed by atoms with Gasteiger partial charge >= 0.3 is 6.61 Å². The van der Waals surface area contributed by atoms with Crippen LogP contribution in [0.3, 0.4) is 0 Å². The summed E-state index contributed by atoms with van der Waals surface area (Å²) in [5.74, 6) is 0.504. The van der Waals surface area contributed by atoms with Crippen LogP contribution in [0.15, 0.2) is 24.3 Å². The van der Waals surface area contributed by atoms with E-state index < -0.39 is 6.61 Å². The van der Waals surface area contributed by atoms with E-state index in [1.807, 2.05) is 6.92 Å². The number of benzene rings is 1. The Balaban J connectivity index is 2.48. The van der Waals surface area contributed by atoms with Gasteiger partial charge in [0.05, 0.1) is 6.61 Å².